The maximum absolute atomic E-state index is 12.3. The quantitative estimate of drug-likeness (QED) is 0.841. The van der Waals surface area contributed by atoms with Gasteiger partial charge in [0, 0.05) is 19.3 Å². The fraction of sp³-hybridized carbons (Fsp3) is 0.615. The molecule has 0 atom stereocenters. The smallest absolute Gasteiger partial charge is 0.244 e. The molecule has 6 heteroatoms. The van der Waals surface area contributed by atoms with Crippen LogP contribution < -0.4 is 10.0 Å². The average Bonchev–Trinajstić information content (AvgIpc) is 2.34. The first kappa shape index (κ1) is 15.9. The highest BCUT2D eigenvalue weighted by Crippen LogP contribution is 2.19. The lowest BCUT2D eigenvalue weighted by Gasteiger charge is -2.19. The predicted molar refractivity (Wildman–Crippen MR) is 77.7 cm³/mol. The van der Waals surface area contributed by atoms with Crippen molar-refractivity contribution in [2.45, 2.75) is 39.0 Å². The van der Waals surface area contributed by atoms with Gasteiger partial charge < -0.3 is 5.32 Å². The predicted octanol–water partition coefficient (Wildman–Crippen LogP) is 2.23. The van der Waals surface area contributed by atoms with Gasteiger partial charge in [-0.1, -0.05) is 27.7 Å². The number of aromatic nitrogens is 1. The molecular weight excluding hydrogens is 262 g/mol. The Balaban J connectivity index is 2.94. The van der Waals surface area contributed by atoms with Gasteiger partial charge in [0.2, 0.25) is 10.0 Å². The standard InChI is InChI=1S/C13H23N3O2S/c1-5-8-14-12-11(7-6-9-15-12)19(17,18)16-10-13(2,3)4/h6-7,9,16H,5,8,10H2,1-4H3,(H,14,15). The van der Waals surface area contributed by atoms with Crippen LogP contribution in [0.4, 0.5) is 5.82 Å². The van der Waals surface area contributed by atoms with Crippen LogP contribution in [-0.2, 0) is 10.0 Å². The van der Waals surface area contributed by atoms with E-state index >= 15 is 0 Å². The molecule has 0 fully saturated rings. The topological polar surface area (TPSA) is 71.1 Å². The lowest BCUT2D eigenvalue weighted by atomic mass is 9.98. The molecule has 0 amide bonds. The summed E-state index contributed by atoms with van der Waals surface area (Å²) in [4.78, 5) is 4.30. The Morgan fingerprint density at radius 2 is 2.00 bits per heavy atom. The van der Waals surface area contributed by atoms with Crippen molar-refractivity contribution in [1.29, 1.82) is 0 Å². The SMILES string of the molecule is CCCNc1ncccc1S(=O)(=O)NCC(C)(C)C. The van der Waals surface area contributed by atoms with Gasteiger partial charge in [-0.15, -0.1) is 0 Å². The van der Waals surface area contributed by atoms with Gasteiger partial charge in [-0.2, -0.15) is 0 Å². The number of hydrogen-bond donors (Lipinski definition) is 2. The summed E-state index contributed by atoms with van der Waals surface area (Å²) in [6.45, 7) is 9.04. The highest BCUT2D eigenvalue weighted by molar-refractivity contribution is 7.89. The molecule has 1 aromatic heterocycles. The van der Waals surface area contributed by atoms with Crippen molar-refractivity contribution < 1.29 is 8.42 Å². The zero-order valence-corrected chi connectivity index (χ0v) is 12.8. The zero-order chi connectivity index (χ0) is 14.5. The van der Waals surface area contributed by atoms with Crippen molar-refractivity contribution in [2.75, 3.05) is 18.4 Å². The van der Waals surface area contributed by atoms with Gasteiger partial charge in [0.25, 0.3) is 0 Å². The van der Waals surface area contributed by atoms with E-state index in [-0.39, 0.29) is 10.3 Å². The maximum Gasteiger partial charge on any atom is 0.244 e. The third kappa shape index (κ3) is 5.16. The van der Waals surface area contributed by atoms with Gasteiger partial charge >= 0.3 is 0 Å². The highest BCUT2D eigenvalue weighted by Gasteiger charge is 2.21. The lowest BCUT2D eigenvalue weighted by Crippen LogP contribution is -2.32. The van der Waals surface area contributed by atoms with Crippen LogP contribution in [0.15, 0.2) is 23.2 Å². The van der Waals surface area contributed by atoms with E-state index in [4.69, 9.17) is 0 Å². The summed E-state index contributed by atoms with van der Waals surface area (Å²) in [6, 6.07) is 3.19. The first-order chi connectivity index (χ1) is 8.76. The number of anilines is 1. The Morgan fingerprint density at radius 1 is 1.32 bits per heavy atom. The van der Waals surface area contributed by atoms with Crippen LogP contribution in [0, 0.1) is 5.41 Å². The largest absolute Gasteiger partial charge is 0.369 e. The van der Waals surface area contributed by atoms with E-state index in [9.17, 15) is 8.42 Å². The van der Waals surface area contributed by atoms with Gasteiger partial charge in [0.1, 0.15) is 10.7 Å². The van der Waals surface area contributed by atoms with E-state index in [0.717, 1.165) is 6.42 Å². The molecule has 1 aromatic rings. The van der Waals surface area contributed by atoms with E-state index < -0.39 is 10.0 Å². The van der Waals surface area contributed by atoms with Crippen LogP contribution in [0.25, 0.3) is 0 Å². The Labute approximate surface area is 115 Å². The normalized spacial score (nSPS) is 12.4. The second-order valence-corrected chi connectivity index (χ2v) is 7.40. The van der Waals surface area contributed by atoms with Gasteiger partial charge in [0.15, 0.2) is 0 Å². The molecule has 0 unspecified atom stereocenters. The van der Waals surface area contributed by atoms with Crippen LogP contribution in [-0.4, -0.2) is 26.5 Å². The van der Waals surface area contributed by atoms with Gasteiger partial charge in [0.05, 0.1) is 0 Å². The van der Waals surface area contributed by atoms with Crippen molar-refractivity contribution in [3.05, 3.63) is 18.3 Å². The molecule has 2 N–H and O–H groups in total. The summed E-state index contributed by atoms with van der Waals surface area (Å²) in [7, 11) is -3.53. The number of hydrogen-bond acceptors (Lipinski definition) is 4. The fourth-order valence-corrected chi connectivity index (χ4v) is 2.79. The first-order valence-corrected chi connectivity index (χ1v) is 7.93. The summed E-state index contributed by atoms with van der Waals surface area (Å²) < 4.78 is 27.2. The number of pyridine rings is 1. The van der Waals surface area contributed by atoms with E-state index in [0.29, 0.717) is 18.9 Å². The second-order valence-electron chi connectivity index (χ2n) is 5.66. The molecule has 1 rings (SSSR count). The minimum Gasteiger partial charge on any atom is -0.369 e. The van der Waals surface area contributed by atoms with E-state index in [2.05, 4.69) is 15.0 Å². The molecule has 0 bridgehead atoms. The van der Waals surface area contributed by atoms with E-state index in [1.165, 1.54) is 0 Å². The molecule has 0 aliphatic heterocycles. The van der Waals surface area contributed by atoms with Crippen LogP contribution >= 0.6 is 0 Å². The minimum atomic E-state index is -3.53. The van der Waals surface area contributed by atoms with Crippen molar-refractivity contribution in [1.82, 2.24) is 9.71 Å². The molecule has 108 valence electrons. The number of sulfonamides is 1. The third-order valence-electron chi connectivity index (χ3n) is 2.40. The van der Waals surface area contributed by atoms with Gasteiger partial charge in [-0.25, -0.2) is 18.1 Å². The summed E-state index contributed by atoms with van der Waals surface area (Å²) in [5.74, 6) is 0.408. The number of rotatable bonds is 6. The van der Waals surface area contributed by atoms with Crippen molar-refractivity contribution >= 4 is 15.8 Å². The zero-order valence-electron chi connectivity index (χ0n) is 12.0. The molecule has 0 saturated carbocycles. The van der Waals surface area contributed by atoms with E-state index in [1.54, 1.807) is 18.3 Å². The molecule has 0 aliphatic rings. The number of nitrogens with one attached hydrogen (secondary N) is 2. The summed E-state index contributed by atoms with van der Waals surface area (Å²) in [5, 5.41) is 3.04. The maximum atomic E-state index is 12.3. The van der Waals surface area contributed by atoms with Crippen molar-refractivity contribution in [3.63, 3.8) is 0 Å². The van der Waals surface area contributed by atoms with Crippen molar-refractivity contribution in [3.8, 4) is 0 Å². The Morgan fingerprint density at radius 3 is 2.58 bits per heavy atom. The molecule has 0 spiro atoms. The monoisotopic (exact) mass is 285 g/mol. The molecular formula is C13H23N3O2S. The van der Waals surface area contributed by atoms with Crippen LogP contribution in [0.5, 0.6) is 0 Å². The summed E-state index contributed by atoms with van der Waals surface area (Å²) >= 11 is 0. The van der Waals surface area contributed by atoms with Gasteiger partial charge in [-0.3, -0.25) is 0 Å². The van der Waals surface area contributed by atoms with Crippen LogP contribution in [0.1, 0.15) is 34.1 Å². The van der Waals surface area contributed by atoms with Crippen LogP contribution in [0.3, 0.4) is 0 Å². The lowest BCUT2D eigenvalue weighted by molar-refractivity contribution is 0.407. The molecule has 1 heterocycles. The fourth-order valence-electron chi connectivity index (χ4n) is 1.37. The molecule has 0 radical (unpaired) electrons. The Kier molecular flexibility index (Phi) is 5.31. The number of nitrogens with zero attached hydrogens (tertiary/aromatic N) is 1. The summed E-state index contributed by atoms with van der Waals surface area (Å²) in [5.41, 5.74) is -0.105. The average molecular weight is 285 g/mol. The first-order valence-electron chi connectivity index (χ1n) is 6.45. The highest BCUT2D eigenvalue weighted by atomic mass is 32.2. The molecule has 0 saturated heterocycles. The second kappa shape index (κ2) is 6.34. The van der Waals surface area contributed by atoms with Gasteiger partial charge in [-0.05, 0) is 24.0 Å². The summed E-state index contributed by atoms with van der Waals surface area (Å²) in [6.07, 6.45) is 2.49. The molecule has 5 nitrogen and oxygen atoms in total. The molecule has 0 aromatic carbocycles. The van der Waals surface area contributed by atoms with E-state index in [1.807, 2.05) is 27.7 Å². The Bertz CT molecular complexity index is 507. The van der Waals surface area contributed by atoms with Crippen LogP contribution in [0.2, 0.25) is 0 Å². The third-order valence-corrected chi connectivity index (χ3v) is 3.83. The molecule has 19 heavy (non-hydrogen) atoms. The minimum absolute atomic E-state index is 0.105. The Hall–Kier alpha value is -1.14. The molecule has 0 aliphatic carbocycles. The van der Waals surface area contributed by atoms with Crippen molar-refractivity contribution in [2.24, 2.45) is 5.41 Å².